The van der Waals surface area contributed by atoms with Gasteiger partial charge in [-0.25, -0.2) is 0 Å². The average Bonchev–Trinajstić information content (AvgIpc) is 2.81. The van der Waals surface area contributed by atoms with Crippen LogP contribution in [-0.4, -0.2) is 33.3 Å². The smallest absolute Gasteiger partial charge is 0.269 e. The maximum atomic E-state index is 11.9. The lowest BCUT2D eigenvalue weighted by atomic mass is 10.3. The molecule has 0 spiro atoms. The molecule has 0 radical (unpaired) electrons. The minimum Gasteiger partial charge on any atom is -0.409 e. The lowest BCUT2D eigenvalue weighted by Crippen LogP contribution is -2.29. The molecule has 1 aromatic rings. The number of nitrogens with two attached hydrogens (primary N) is 1. The highest BCUT2D eigenvalue weighted by Crippen LogP contribution is 2.05. The van der Waals surface area contributed by atoms with Gasteiger partial charge in [0.05, 0.1) is 5.69 Å². The van der Waals surface area contributed by atoms with Crippen LogP contribution in [0.4, 0.5) is 0 Å². The van der Waals surface area contributed by atoms with Crippen molar-refractivity contribution >= 4 is 11.7 Å². The van der Waals surface area contributed by atoms with Crippen LogP contribution in [0.2, 0.25) is 0 Å². The molecule has 4 N–H and O–H groups in total. The number of oxime groups is 1. The van der Waals surface area contributed by atoms with Crippen LogP contribution < -0.4 is 11.1 Å². The number of nitrogens with zero attached hydrogens (tertiary/aromatic N) is 3. The van der Waals surface area contributed by atoms with Crippen molar-refractivity contribution < 1.29 is 10.0 Å². The highest BCUT2D eigenvalue weighted by atomic mass is 16.4. The lowest BCUT2D eigenvalue weighted by molar-refractivity contribution is 0.0944. The highest BCUT2D eigenvalue weighted by molar-refractivity contribution is 5.93. The normalized spacial score (nSPS) is 11.6. The summed E-state index contributed by atoms with van der Waals surface area (Å²) in [6, 6.07) is 1.78. The van der Waals surface area contributed by atoms with Crippen LogP contribution in [0.15, 0.2) is 11.2 Å². The number of aryl methyl sites for hydroxylation is 2. The molecule has 0 fully saturated rings. The van der Waals surface area contributed by atoms with Gasteiger partial charge in [-0.2, -0.15) is 5.10 Å². The predicted octanol–water partition coefficient (Wildman–Crippen LogP) is 0.332. The molecule has 100 valence electrons. The van der Waals surface area contributed by atoms with Gasteiger partial charge in [0.25, 0.3) is 5.91 Å². The number of aromatic nitrogens is 2. The van der Waals surface area contributed by atoms with E-state index in [-0.39, 0.29) is 11.7 Å². The van der Waals surface area contributed by atoms with Crippen LogP contribution in [0.5, 0.6) is 0 Å². The van der Waals surface area contributed by atoms with Gasteiger partial charge in [0, 0.05) is 19.5 Å². The fourth-order valence-electron chi connectivity index (χ4n) is 1.51. The first kappa shape index (κ1) is 14.0. The topological polar surface area (TPSA) is 106 Å². The predicted molar refractivity (Wildman–Crippen MR) is 67.6 cm³/mol. The molecule has 18 heavy (non-hydrogen) atoms. The third kappa shape index (κ3) is 3.47. The zero-order chi connectivity index (χ0) is 13.5. The summed E-state index contributed by atoms with van der Waals surface area (Å²) in [6.07, 6.45) is 1.10. The fourth-order valence-corrected chi connectivity index (χ4v) is 1.51. The average molecular weight is 253 g/mol. The molecule has 0 saturated heterocycles. The summed E-state index contributed by atoms with van der Waals surface area (Å²) < 4.78 is 1.66. The Morgan fingerprint density at radius 1 is 1.61 bits per heavy atom. The van der Waals surface area contributed by atoms with Gasteiger partial charge in [-0.05, 0) is 19.4 Å². The van der Waals surface area contributed by atoms with Gasteiger partial charge in [-0.3, -0.25) is 9.48 Å². The number of nitrogens with one attached hydrogen (secondary N) is 1. The Balaban J connectivity index is 2.63. The van der Waals surface area contributed by atoms with E-state index in [2.05, 4.69) is 15.6 Å². The van der Waals surface area contributed by atoms with Gasteiger partial charge in [0.15, 0.2) is 0 Å². The second-order valence-electron chi connectivity index (χ2n) is 3.79. The monoisotopic (exact) mass is 253 g/mol. The molecule has 1 amide bonds. The highest BCUT2D eigenvalue weighted by Gasteiger charge is 2.13. The second-order valence-corrected chi connectivity index (χ2v) is 3.79. The minimum atomic E-state index is -0.199. The van der Waals surface area contributed by atoms with Crippen molar-refractivity contribution in [1.82, 2.24) is 15.1 Å². The van der Waals surface area contributed by atoms with Crippen LogP contribution >= 0.6 is 0 Å². The molecule has 1 heterocycles. The van der Waals surface area contributed by atoms with E-state index >= 15 is 0 Å². The SMILES string of the molecule is CCc1cc(C(=O)NCCC(N)=NO)n(CC)n1. The van der Waals surface area contributed by atoms with E-state index in [1.807, 2.05) is 13.8 Å². The Labute approximate surface area is 106 Å². The van der Waals surface area contributed by atoms with Crippen LogP contribution in [0.25, 0.3) is 0 Å². The number of carbonyl (C=O) groups is 1. The van der Waals surface area contributed by atoms with E-state index in [0.717, 1.165) is 12.1 Å². The van der Waals surface area contributed by atoms with Gasteiger partial charge in [0.2, 0.25) is 0 Å². The van der Waals surface area contributed by atoms with E-state index in [4.69, 9.17) is 10.9 Å². The maximum absolute atomic E-state index is 11.9. The third-order valence-corrected chi connectivity index (χ3v) is 2.52. The molecule has 0 atom stereocenters. The zero-order valence-electron chi connectivity index (χ0n) is 10.7. The summed E-state index contributed by atoms with van der Waals surface area (Å²) in [5, 5.41) is 18.2. The number of hydrogen-bond donors (Lipinski definition) is 3. The molecular formula is C11H19N5O2. The van der Waals surface area contributed by atoms with E-state index in [0.29, 0.717) is 25.2 Å². The van der Waals surface area contributed by atoms with Crippen molar-refractivity contribution in [3.8, 4) is 0 Å². The molecule has 0 aromatic carbocycles. The molecule has 0 unspecified atom stereocenters. The van der Waals surface area contributed by atoms with E-state index in [1.54, 1.807) is 10.7 Å². The van der Waals surface area contributed by atoms with Gasteiger partial charge in [0.1, 0.15) is 11.5 Å². The number of amidine groups is 1. The number of carbonyl (C=O) groups excluding carboxylic acids is 1. The molecule has 1 aromatic heterocycles. The van der Waals surface area contributed by atoms with Gasteiger partial charge < -0.3 is 16.3 Å². The zero-order valence-corrected chi connectivity index (χ0v) is 10.7. The fraction of sp³-hybridized carbons (Fsp3) is 0.545. The molecule has 0 aliphatic rings. The van der Waals surface area contributed by atoms with Gasteiger partial charge in [-0.15, -0.1) is 0 Å². The molecule has 1 rings (SSSR count). The van der Waals surface area contributed by atoms with Crippen molar-refractivity contribution in [2.24, 2.45) is 10.9 Å². The lowest BCUT2D eigenvalue weighted by Gasteiger charge is -2.05. The van der Waals surface area contributed by atoms with E-state index < -0.39 is 0 Å². The summed E-state index contributed by atoms with van der Waals surface area (Å²) in [7, 11) is 0. The Kier molecular flexibility index (Phi) is 5.16. The molecule has 0 bridgehead atoms. The second kappa shape index (κ2) is 6.63. The van der Waals surface area contributed by atoms with Crippen LogP contribution in [0.3, 0.4) is 0 Å². The summed E-state index contributed by atoms with van der Waals surface area (Å²) in [6.45, 7) is 4.89. The van der Waals surface area contributed by atoms with Crippen molar-refractivity contribution in [2.45, 2.75) is 33.2 Å². The number of hydrogen-bond acceptors (Lipinski definition) is 4. The molecule has 0 aliphatic heterocycles. The Morgan fingerprint density at radius 2 is 2.33 bits per heavy atom. The van der Waals surface area contributed by atoms with Crippen molar-refractivity contribution in [3.05, 3.63) is 17.5 Å². The van der Waals surface area contributed by atoms with E-state index in [9.17, 15) is 4.79 Å². The van der Waals surface area contributed by atoms with Crippen molar-refractivity contribution in [2.75, 3.05) is 6.54 Å². The Bertz CT molecular complexity index is 439. The van der Waals surface area contributed by atoms with Gasteiger partial charge in [-0.1, -0.05) is 12.1 Å². The first-order valence-electron chi connectivity index (χ1n) is 5.93. The third-order valence-electron chi connectivity index (χ3n) is 2.52. The Hall–Kier alpha value is -2.05. The summed E-state index contributed by atoms with van der Waals surface area (Å²) >= 11 is 0. The first-order valence-corrected chi connectivity index (χ1v) is 5.93. The maximum Gasteiger partial charge on any atom is 0.269 e. The Morgan fingerprint density at radius 3 is 2.89 bits per heavy atom. The van der Waals surface area contributed by atoms with Crippen LogP contribution in [0, 0.1) is 0 Å². The van der Waals surface area contributed by atoms with Crippen LogP contribution in [0.1, 0.15) is 36.5 Å². The number of rotatable bonds is 6. The van der Waals surface area contributed by atoms with Crippen molar-refractivity contribution in [3.63, 3.8) is 0 Å². The summed E-state index contributed by atoms with van der Waals surface area (Å²) in [5.41, 5.74) is 6.73. The minimum absolute atomic E-state index is 0.0912. The molecule has 0 saturated carbocycles. The molecule has 7 heteroatoms. The summed E-state index contributed by atoms with van der Waals surface area (Å²) in [5.74, 6) is -0.108. The van der Waals surface area contributed by atoms with Gasteiger partial charge >= 0.3 is 0 Å². The van der Waals surface area contributed by atoms with Crippen LogP contribution in [-0.2, 0) is 13.0 Å². The summed E-state index contributed by atoms with van der Waals surface area (Å²) in [4.78, 5) is 11.9. The van der Waals surface area contributed by atoms with E-state index in [1.165, 1.54) is 0 Å². The quantitative estimate of drug-likeness (QED) is 0.294. The molecular weight excluding hydrogens is 234 g/mol. The molecule has 0 aliphatic carbocycles. The number of amides is 1. The van der Waals surface area contributed by atoms with Crippen molar-refractivity contribution in [1.29, 1.82) is 0 Å². The standard InChI is InChI=1S/C11H19N5O2/c1-3-8-7-9(16(4-2)14-8)11(17)13-6-5-10(12)15-18/h7,18H,3-6H2,1-2H3,(H2,12,15)(H,13,17). The first-order chi connectivity index (χ1) is 8.62. The molecule has 7 nitrogen and oxygen atoms in total. The largest absolute Gasteiger partial charge is 0.409 e.